The van der Waals surface area contributed by atoms with Crippen LogP contribution in [0.25, 0.3) is 115 Å². The summed E-state index contributed by atoms with van der Waals surface area (Å²) in [5, 5.41) is 7.58. The predicted molar refractivity (Wildman–Crippen MR) is 252 cm³/mol. The summed E-state index contributed by atoms with van der Waals surface area (Å²) in [6.07, 6.45) is 0. The fraction of sp³-hybridized carbons (Fsp3) is 0. The van der Waals surface area contributed by atoms with Gasteiger partial charge in [-0.1, -0.05) is 158 Å². The molecule has 0 aliphatic heterocycles. The average molecular weight is 783 g/mol. The summed E-state index contributed by atoms with van der Waals surface area (Å²) in [4.78, 5) is 15.0. The Morgan fingerprint density at radius 1 is 0.333 bits per heavy atom. The third-order valence-electron chi connectivity index (χ3n) is 11.6. The summed E-state index contributed by atoms with van der Waals surface area (Å²) in [5.74, 6) is 1.93. The topological polar surface area (TPSA) is 43.6 Å². The number of nitrogens with zero attached hydrogens (tertiary/aromatic N) is 4. The Balaban J connectivity index is 1.12. The summed E-state index contributed by atoms with van der Waals surface area (Å²) in [6, 6.07) is 73.3. The van der Waals surface area contributed by atoms with Crippen molar-refractivity contribution in [1.29, 1.82) is 0 Å². The van der Waals surface area contributed by atoms with Gasteiger partial charge in [0.2, 0.25) is 0 Å². The Morgan fingerprint density at radius 2 is 0.783 bits per heavy atom. The van der Waals surface area contributed by atoms with Crippen LogP contribution in [0.4, 0.5) is 0 Å². The zero-order valence-corrected chi connectivity index (χ0v) is 33.1. The third kappa shape index (κ3) is 5.63. The SMILES string of the molecule is c1ccc(-c2ccc3sc4c5ccccc5c5c(c6cc(-c7ccccc7)ccc6n5-c5ccc(-c6nc(-c7ccccc7)nc(-c7ccccc7)n6)cc5)c4c3c2)cc1. The lowest BCUT2D eigenvalue weighted by Gasteiger charge is -2.12. The van der Waals surface area contributed by atoms with E-state index in [0.717, 1.165) is 27.9 Å². The van der Waals surface area contributed by atoms with Crippen LogP contribution in [0.3, 0.4) is 0 Å². The van der Waals surface area contributed by atoms with E-state index in [0.29, 0.717) is 17.5 Å². The first-order chi connectivity index (χ1) is 29.7. The lowest BCUT2D eigenvalue weighted by atomic mass is 9.96. The van der Waals surface area contributed by atoms with Gasteiger partial charge in [0.1, 0.15) is 0 Å². The second-order valence-corrected chi connectivity index (χ2v) is 16.2. The highest BCUT2D eigenvalue weighted by atomic mass is 32.1. The van der Waals surface area contributed by atoms with E-state index in [1.165, 1.54) is 69.5 Å². The monoisotopic (exact) mass is 782 g/mol. The highest BCUT2D eigenvalue weighted by Gasteiger charge is 2.23. The quantitative estimate of drug-likeness (QED) is 0.169. The molecular formula is C55H34N4S. The van der Waals surface area contributed by atoms with Crippen molar-refractivity contribution in [2.75, 3.05) is 0 Å². The molecule has 0 unspecified atom stereocenters. The Bertz CT molecular complexity index is 3500. The van der Waals surface area contributed by atoms with Gasteiger partial charge >= 0.3 is 0 Å². The molecule has 0 atom stereocenters. The highest BCUT2D eigenvalue weighted by Crippen LogP contribution is 2.49. The minimum Gasteiger partial charge on any atom is -0.309 e. The maximum atomic E-state index is 5.03. The molecule has 12 rings (SSSR count). The maximum absolute atomic E-state index is 5.03. The first-order valence-electron chi connectivity index (χ1n) is 20.2. The number of hydrogen-bond acceptors (Lipinski definition) is 4. The smallest absolute Gasteiger partial charge is 0.164 e. The standard InChI is InChI=1S/C55H34N4S/c1-5-15-35(16-6-1)40-27-31-47-45(33-40)49-50-46-34-41(36-17-7-2-8-18-36)28-32-48(46)60-52(50)44-24-14-13-23-43(44)51(49)59(47)42-29-25-39(26-30-42)55-57-53(37-19-9-3-10-20-37)56-54(58-55)38-21-11-4-12-22-38/h1-34H. The fourth-order valence-corrected chi connectivity index (χ4v) is 10.0. The zero-order valence-electron chi connectivity index (χ0n) is 32.3. The molecule has 0 N–H and O–H groups in total. The molecule has 0 saturated carbocycles. The number of thiophene rings is 1. The fourth-order valence-electron chi connectivity index (χ4n) is 8.81. The number of hydrogen-bond donors (Lipinski definition) is 0. The van der Waals surface area contributed by atoms with Crippen LogP contribution < -0.4 is 0 Å². The van der Waals surface area contributed by atoms with Gasteiger partial charge < -0.3 is 4.57 Å². The van der Waals surface area contributed by atoms with E-state index in [-0.39, 0.29) is 0 Å². The van der Waals surface area contributed by atoms with E-state index in [2.05, 4.69) is 150 Å². The van der Waals surface area contributed by atoms with Gasteiger partial charge in [0.05, 0.1) is 11.0 Å². The molecule has 4 nitrogen and oxygen atoms in total. The molecule has 60 heavy (non-hydrogen) atoms. The first-order valence-corrected chi connectivity index (χ1v) is 21.0. The van der Waals surface area contributed by atoms with Crippen LogP contribution in [0.1, 0.15) is 0 Å². The number of rotatable bonds is 6. The molecule has 0 bridgehead atoms. The summed E-state index contributed by atoms with van der Waals surface area (Å²) < 4.78 is 5.07. The van der Waals surface area contributed by atoms with Crippen LogP contribution in [-0.2, 0) is 0 Å². The van der Waals surface area contributed by atoms with Crippen molar-refractivity contribution in [3.05, 3.63) is 206 Å². The molecule has 0 radical (unpaired) electrons. The normalized spacial score (nSPS) is 11.7. The third-order valence-corrected chi connectivity index (χ3v) is 12.8. The molecule has 3 aromatic heterocycles. The lowest BCUT2D eigenvalue weighted by Crippen LogP contribution is -2.00. The predicted octanol–water partition coefficient (Wildman–Crippen LogP) is 14.8. The molecule has 12 aromatic rings. The maximum Gasteiger partial charge on any atom is 0.164 e. The van der Waals surface area contributed by atoms with E-state index in [1.54, 1.807) is 0 Å². The minimum absolute atomic E-state index is 0.634. The van der Waals surface area contributed by atoms with Gasteiger partial charge in [0.25, 0.3) is 0 Å². The van der Waals surface area contributed by atoms with Crippen LogP contribution in [0.15, 0.2) is 206 Å². The average Bonchev–Trinajstić information content (AvgIpc) is 3.88. The van der Waals surface area contributed by atoms with Gasteiger partial charge in [-0.15, -0.1) is 11.3 Å². The van der Waals surface area contributed by atoms with E-state index in [9.17, 15) is 0 Å². The molecule has 3 heterocycles. The number of benzene rings is 9. The van der Waals surface area contributed by atoms with Crippen molar-refractivity contribution in [3.8, 4) is 62.1 Å². The van der Waals surface area contributed by atoms with E-state index in [4.69, 9.17) is 15.0 Å². The molecule has 0 aliphatic carbocycles. The molecule has 0 saturated heterocycles. The summed E-state index contributed by atoms with van der Waals surface area (Å²) in [7, 11) is 0. The molecule has 0 spiro atoms. The summed E-state index contributed by atoms with van der Waals surface area (Å²) >= 11 is 1.89. The van der Waals surface area contributed by atoms with Crippen LogP contribution in [-0.4, -0.2) is 19.5 Å². The van der Waals surface area contributed by atoms with Crippen LogP contribution >= 0.6 is 11.3 Å². The second-order valence-electron chi connectivity index (χ2n) is 15.2. The van der Waals surface area contributed by atoms with Crippen LogP contribution in [0.5, 0.6) is 0 Å². The number of aromatic nitrogens is 4. The lowest BCUT2D eigenvalue weighted by molar-refractivity contribution is 1.07. The zero-order chi connectivity index (χ0) is 39.6. The number of fused-ring (bicyclic) bond motifs is 10. The van der Waals surface area contributed by atoms with Gasteiger partial charge in [-0.2, -0.15) is 0 Å². The molecule has 0 aliphatic rings. The van der Waals surface area contributed by atoms with Crippen molar-refractivity contribution in [3.63, 3.8) is 0 Å². The van der Waals surface area contributed by atoms with Gasteiger partial charge in [-0.25, -0.2) is 15.0 Å². The molecule has 5 heteroatoms. The summed E-state index contributed by atoms with van der Waals surface area (Å²) in [6.45, 7) is 0. The van der Waals surface area contributed by atoms with Gasteiger partial charge in [-0.05, 0) is 70.8 Å². The minimum atomic E-state index is 0.634. The van der Waals surface area contributed by atoms with Gasteiger partial charge in [0.15, 0.2) is 17.5 Å². The van der Waals surface area contributed by atoms with Crippen LogP contribution in [0, 0.1) is 0 Å². The van der Waals surface area contributed by atoms with Crippen molar-refractivity contribution in [2.24, 2.45) is 0 Å². The van der Waals surface area contributed by atoms with E-state index in [1.807, 2.05) is 72.0 Å². The highest BCUT2D eigenvalue weighted by molar-refractivity contribution is 7.27. The first kappa shape index (κ1) is 34.3. The Labute approximate surface area is 350 Å². The Kier molecular flexibility index (Phi) is 8.00. The van der Waals surface area contributed by atoms with Crippen LogP contribution in [0.2, 0.25) is 0 Å². The van der Waals surface area contributed by atoms with E-state index < -0.39 is 0 Å². The van der Waals surface area contributed by atoms with Gasteiger partial charge in [-0.3, -0.25) is 0 Å². The molecule has 0 fully saturated rings. The second kappa shape index (κ2) is 14.0. The molecule has 9 aromatic carbocycles. The molecular weight excluding hydrogens is 749 g/mol. The van der Waals surface area contributed by atoms with Crippen molar-refractivity contribution in [1.82, 2.24) is 19.5 Å². The Hall–Kier alpha value is -7.73. The van der Waals surface area contributed by atoms with Crippen molar-refractivity contribution in [2.45, 2.75) is 0 Å². The largest absolute Gasteiger partial charge is 0.309 e. The van der Waals surface area contributed by atoms with Gasteiger partial charge in [0, 0.05) is 64.1 Å². The van der Waals surface area contributed by atoms with Crippen molar-refractivity contribution >= 4 is 64.1 Å². The molecule has 0 amide bonds. The Morgan fingerprint density at radius 3 is 1.35 bits per heavy atom. The summed E-state index contributed by atoms with van der Waals surface area (Å²) in [5.41, 5.74) is 11.1. The van der Waals surface area contributed by atoms with E-state index >= 15 is 0 Å². The molecule has 280 valence electrons. The van der Waals surface area contributed by atoms with Crippen molar-refractivity contribution < 1.29 is 0 Å².